The number of aliphatic carboxylic acids is 1. The van der Waals surface area contributed by atoms with Crippen LogP contribution in [-0.2, 0) is 38.0 Å². The van der Waals surface area contributed by atoms with Crippen molar-refractivity contribution in [3.63, 3.8) is 0 Å². The maximum atomic E-state index is 14.1. The molecule has 4 saturated carbocycles. The van der Waals surface area contributed by atoms with Gasteiger partial charge in [-0.2, -0.15) is 0 Å². The molecule has 63 heavy (non-hydrogen) atoms. The van der Waals surface area contributed by atoms with E-state index >= 15 is 0 Å². The first-order valence-corrected chi connectivity index (χ1v) is 22.4. The number of fused-ring (bicyclic) bond motifs is 3. The first-order valence-electron chi connectivity index (χ1n) is 22.4. The van der Waals surface area contributed by atoms with Gasteiger partial charge < -0.3 is 89.9 Å². The molecule has 0 aromatic heterocycles. The van der Waals surface area contributed by atoms with Crippen molar-refractivity contribution in [1.82, 2.24) is 5.32 Å². The molecule has 1 amide bonds. The minimum Gasteiger partial charge on any atom is -0.480 e. The normalized spacial score (nSPS) is 50.4. The molecule has 1 spiro atoms. The van der Waals surface area contributed by atoms with E-state index in [1.54, 1.807) is 13.8 Å². The number of rotatable bonds is 13. The summed E-state index contributed by atoms with van der Waals surface area (Å²) in [7, 11) is 0. The Morgan fingerprint density at radius 2 is 1.24 bits per heavy atom. The topological polar surface area (TPSA) is 324 Å². The lowest BCUT2D eigenvalue weighted by Crippen LogP contribution is -2.68. The van der Waals surface area contributed by atoms with E-state index in [1.165, 1.54) is 0 Å². The molecule has 360 valence electrons. The molecule has 3 heterocycles. The van der Waals surface area contributed by atoms with E-state index in [1.807, 2.05) is 6.92 Å². The van der Waals surface area contributed by atoms with Crippen LogP contribution >= 0.6 is 0 Å². The van der Waals surface area contributed by atoms with Crippen LogP contribution in [0, 0.1) is 34.0 Å². The predicted molar refractivity (Wildman–Crippen MR) is 214 cm³/mol. The zero-order valence-corrected chi connectivity index (χ0v) is 36.3. The third-order valence-electron chi connectivity index (χ3n) is 16.3. The van der Waals surface area contributed by atoms with Gasteiger partial charge in [0.1, 0.15) is 79.3 Å². The summed E-state index contributed by atoms with van der Waals surface area (Å²) in [6.45, 7) is 9.91. The largest absolute Gasteiger partial charge is 0.480 e. The lowest BCUT2D eigenvalue weighted by molar-refractivity contribution is -0.400. The summed E-state index contributed by atoms with van der Waals surface area (Å²) in [5, 5.41) is 119. The SMILES string of the molecule is C=C1C[C@@]23CC[C@H]4[C@@](C)(CCC[C@@]4(C)C(=O)N[C@@H](C(=O)O)C(C)C)[C@@H]2CC[C@]1(O[C@@H]1O[C@H](CO)[C@@H](O)[C@H](O[C@@H]2O[C@H](CO)[C@@H](O)[C@H](O)[C@H]2O)[C@H]1O[C@@H]1O[C@H](CO)[C@@H](O)[C@H](O)[C@H]1O)C3. The smallest absolute Gasteiger partial charge is 0.326 e. The maximum absolute atomic E-state index is 14.1. The molecule has 7 aliphatic rings. The summed E-state index contributed by atoms with van der Waals surface area (Å²) in [6.07, 6.45) is -19.9. The van der Waals surface area contributed by atoms with Gasteiger partial charge in [0.2, 0.25) is 5.91 Å². The van der Waals surface area contributed by atoms with Crippen LogP contribution in [0.2, 0.25) is 0 Å². The quantitative estimate of drug-likeness (QED) is 0.0687. The number of hydrogen-bond acceptors (Lipinski definition) is 18. The highest BCUT2D eigenvalue weighted by molar-refractivity contribution is 5.87. The highest BCUT2D eigenvalue weighted by Crippen LogP contribution is 2.73. The van der Waals surface area contributed by atoms with E-state index in [2.05, 4.69) is 18.8 Å². The summed E-state index contributed by atoms with van der Waals surface area (Å²) in [5.74, 6) is -1.55. The van der Waals surface area contributed by atoms with E-state index in [9.17, 15) is 65.8 Å². The van der Waals surface area contributed by atoms with Crippen LogP contribution in [0.1, 0.15) is 85.5 Å². The van der Waals surface area contributed by atoms with E-state index in [0.29, 0.717) is 44.9 Å². The number of carbonyl (C=O) groups excluding carboxylic acids is 1. The summed E-state index contributed by atoms with van der Waals surface area (Å²) < 4.78 is 36.9. The fourth-order valence-corrected chi connectivity index (χ4v) is 12.9. The molecule has 3 saturated heterocycles. The standard InChI is InChI=1S/C43H69NO19/c1-18(2)25(35(55)56)44-39(57)41(5)10-6-9-40(4)23(41)7-11-42-13-19(3)43(17-42,12-8-24(40)42)63-38-34(62-37-32(54)30(52)27(49)21(15-46)59-37)33(28(50)22(16-47)60-38)61-36-31(53)29(51)26(48)20(14-45)58-36/h18,20-34,36-38,45-54H,3,6-17H2,1-2,4-5H3,(H,44,57)(H,55,56)/t20-,21-,22-,23+,24+,25-,26-,27-,28-,29+,30+,31-,32-,33+,34-,36+,37+,38+,40-,41-,42-,43+/m1/s1. The lowest BCUT2D eigenvalue weighted by atomic mass is 9.40. The second-order valence-corrected chi connectivity index (χ2v) is 20.2. The van der Waals surface area contributed by atoms with E-state index < -0.39 is 135 Å². The van der Waals surface area contributed by atoms with Crippen molar-refractivity contribution in [3.8, 4) is 0 Å². The Morgan fingerprint density at radius 1 is 0.714 bits per heavy atom. The molecule has 4 aliphatic carbocycles. The number of carboxylic acid groups (broad SMARTS) is 1. The van der Waals surface area contributed by atoms with Gasteiger partial charge in [0.05, 0.1) is 25.4 Å². The van der Waals surface area contributed by atoms with Crippen molar-refractivity contribution >= 4 is 11.9 Å². The second kappa shape index (κ2) is 18.3. The van der Waals surface area contributed by atoms with E-state index in [0.717, 1.165) is 18.4 Å². The summed E-state index contributed by atoms with van der Waals surface area (Å²) in [4.78, 5) is 26.3. The molecule has 22 atom stereocenters. The number of ether oxygens (including phenoxy) is 6. The summed E-state index contributed by atoms with van der Waals surface area (Å²) in [6, 6.07) is -1.02. The van der Waals surface area contributed by atoms with Gasteiger partial charge in [-0.25, -0.2) is 4.79 Å². The van der Waals surface area contributed by atoms with Crippen molar-refractivity contribution in [2.45, 2.75) is 189 Å². The van der Waals surface area contributed by atoms with Crippen molar-refractivity contribution < 1.29 is 94.2 Å². The van der Waals surface area contributed by atoms with Crippen molar-refractivity contribution in [2.75, 3.05) is 19.8 Å². The Labute approximate surface area is 366 Å². The molecule has 7 fully saturated rings. The van der Waals surface area contributed by atoms with Crippen LogP contribution in [-0.4, -0.2) is 192 Å². The van der Waals surface area contributed by atoms with Crippen LogP contribution in [0.25, 0.3) is 0 Å². The third kappa shape index (κ3) is 8.31. The molecular weight excluding hydrogens is 834 g/mol. The molecule has 0 unspecified atom stereocenters. The Balaban J connectivity index is 1.19. The third-order valence-corrected chi connectivity index (χ3v) is 16.3. The number of carbonyl (C=O) groups is 2. The minimum atomic E-state index is -1.93. The van der Waals surface area contributed by atoms with Crippen molar-refractivity contribution in [3.05, 3.63) is 12.2 Å². The molecule has 0 radical (unpaired) electrons. The molecule has 0 aromatic rings. The maximum Gasteiger partial charge on any atom is 0.326 e. The van der Waals surface area contributed by atoms with Crippen LogP contribution in [0.3, 0.4) is 0 Å². The first-order chi connectivity index (χ1) is 29.6. The predicted octanol–water partition coefficient (Wildman–Crippen LogP) is -2.23. The monoisotopic (exact) mass is 903 g/mol. The van der Waals surface area contributed by atoms with E-state index in [-0.39, 0.29) is 34.5 Å². The van der Waals surface area contributed by atoms with Gasteiger partial charge in [0.25, 0.3) is 0 Å². The number of nitrogens with one attached hydrogen (secondary N) is 1. The molecule has 12 N–H and O–H groups in total. The highest BCUT2D eigenvalue weighted by atomic mass is 16.8. The number of carboxylic acids is 1. The zero-order chi connectivity index (χ0) is 46.1. The van der Waals surface area contributed by atoms with Gasteiger partial charge >= 0.3 is 5.97 Å². The molecule has 2 bridgehead atoms. The average Bonchev–Trinajstić information content (AvgIpc) is 3.44. The molecule has 20 heteroatoms. The zero-order valence-electron chi connectivity index (χ0n) is 36.3. The number of amides is 1. The van der Waals surface area contributed by atoms with Crippen LogP contribution < -0.4 is 5.32 Å². The van der Waals surface area contributed by atoms with Crippen molar-refractivity contribution in [2.24, 2.45) is 34.0 Å². The van der Waals surface area contributed by atoms with Crippen LogP contribution in [0.5, 0.6) is 0 Å². The highest BCUT2D eigenvalue weighted by Gasteiger charge is 2.69. The number of aliphatic hydroxyl groups is 10. The Morgan fingerprint density at radius 3 is 1.78 bits per heavy atom. The minimum absolute atomic E-state index is 0.0385. The Hall–Kier alpha value is -1.96. The molecular formula is C43H69NO19. The van der Waals surface area contributed by atoms with Gasteiger partial charge in [-0.05, 0) is 85.5 Å². The van der Waals surface area contributed by atoms with Gasteiger partial charge in [-0.1, -0.05) is 40.7 Å². The second-order valence-electron chi connectivity index (χ2n) is 20.2. The molecule has 3 aliphatic heterocycles. The Bertz CT molecular complexity index is 1670. The summed E-state index contributed by atoms with van der Waals surface area (Å²) >= 11 is 0. The van der Waals surface area contributed by atoms with Crippen LogP contribution in [0.4, 0.5) is 0 Å². The lowest BCUT2D eigenvalue weighted by Gasteiger charge is -2.64. The first kappa shape index (κ1) is 49.0. The van der Waals surface area contributed by atoms with Gasteiger partial charge in [-0.3, -0.25) is 4.79 Å². The summed E-state index contributed by atoms with van der Waals surface area (Å²) in [5.41, 5.74) is -1.78. The van der Waals surface area contributed by atoms with Gasteiger partial charge in [-0.15, -0.1) is 0 Å². The Kier molecular flexibility index (Phi) is 14.2. The van der Waals surface area contributed by atoms with E-state index in [4.69, 9.17) is 28.4 Å². The van der Waals surface area contributed by atoms with Gasteiger partial charge in [0, 0.05) is 5.41 Å². The molecule has 0 aromatic carbocycles. The number of hydrogen-bond donors (Lipinski definition) is 12. The van der Waals surface area contributed by atoms with Crippen LogP contribution in [0.15, 0.2) is 12.2 Å². The molecule has 7 rings (SSSR count). The fourth-order valence-electron chi connectivity index (χ4n) is 12.9. The molecule has 20 nitrogen and oxygen atoms in total. The number of aliphatic hydroxyl groups excluding tert-OH is 10. The average molecular weight is 904 g/mol. The van der Waals surface area contributed by atoms with Gasteiger partial charge in [0.15, 0.2) is 18.9 Å². The van der Waals surface area contributed by atoms with Crippen molar-refractivity contribution in [1.29, 1.82) is 0 Å². The fraction of sp³-hybridized carbons (Fsp3) is 0.907.